The Kier molecular flexibility index (Phi) is 1.82. The number of aliphatic carboxylic acids is 1. The Morgan fingerprint density at radius 1 is 1.67 bits per heavy atom. The summed E-state index contributed by atoms with van der Waals surface area (Å²) in [5.41, 5.74) is 2.43. The van der Waals surface area contributed by atoms with Crippen LogP contribution in [0.15, 0.2) is 0 Å². The van der Waals surface area contributed by atoms with E-state index >= 15 is 0 Å². The van der Waals surface area contributed by atoms with Crippen molar-refractivity contribution in [2.75, 3.05) is 6.54 Å². The van der Waals surface area contributed by atoms with Crippen LogP contribution in [0.4, 0.5) is 13.2 Å². The maximum absolute atomic E-state index is 12.1. The topological polar surface area (TPSA) is 63.3 Å². The summed E-state index contributed by atoms with van der Waals surface area (Å²) >= 11 is 0. The van der Waals surface area contributed by atoms with E-state index < -0.39 is 23.5 Å². The van der Waals surface area contributed by atoms with Gasteiger partial charge in [0.15, 0.2) is 5.41 Å². The maximum atomic E-state index is 12.1. The first-order valence-electron chi connectivity index (χ1n) is 3.36. The van der Waals surface area contributed by atoms with Crippen molar-refractivity contribution in [3.05, 3.63) is 0 Å². The predicted molar refractivity (Wildman–Crippen MR) is 33.3 cm³/mol. The van der Waals surface area contributed by atoms with Gasteiger partial charge in [-0.25, -0.2) is 0 Å². The lowest BCUT2D eigenvalue weighted by Crippen LogP contribution is -2.35. The molecule has 1 rings (SSSR count). The molecule has 0 spiro atoms. The van der Waals surface area contributed by atoms with E-state index in [1.165, 1.54) is 0 Å². The van der Waals surface area contributed by atoms with E-state index in [-0.39, 0.29) is 13.0 Å². The Hall–Kier alpha value is -0.780. The highest BCUT2D eigenvalue weighted by atomic mass is 19.4. The average molecular weight is 183 g/mol. The summed E-state index contributed by atoms with van der Waals surface area (Å²) in [7, 11) is 0. The third kappa shape index (κ3) is 0.979. The van der Waals surface area contributed by atoms with Gasteiger partial charge in [-0.05, 0) is 18.9 Å². The van der Waals surface area contributed by atoms with Crippen LogP contribution in [0.1, 0.15) is 6.42 Å². The van der Waals surface area contributed by atoms with Gasteiger partial charge in [0.05, 0.1) is 0 Å². The van der Waals surface area contributed by atoms with E-state index in [0.717, 1.165) is 0 Å². The molecule has 0 aromatic carbocycles. The zero-order chi connectivity index (χ0) is 9.57. The van der Waals surface area contributed by atoms with Gasteiger partial charge >= 0.3 is 12.1 Å². The summed E-state index contributed by atoms with van der Waals surface area (Å²) in [6, 6.07) is 0. The fraction of sp³-hybridized carbons (Fsp3) is 0.833. The molecule has 0 aromatic heterocycles. The molecule has 70 valence electrons. The number of nitrogens with two attached hydrogens (primary N) is 1. The molecule has 0 amide bonds. The zero-order valence-electron chi connectivity index (χ0n) is 6.06. The van der Waals surface area contributed by atoms with Crippen LogP contribution >= 0.6 is 0 Å². The van der Waals surface area contributed by atoms with Crippen LogP contribution in [0.3, 0.4) is 0 Å². The van der Waals surface area contributed by atoms with Gasteiger partial charge in [0.2, 0.25) is 0 Å². The van der Waals surface area contributed by atoms with Crippen molar-refractivity contribution in [1.82, 2.24) is 0 Å². The van der Waals surface area contributed by atoms with Crippen LogP contribution in [-0.4, -0.2) is 23.8 Å². The molecule has 3 N–H and O–H groups in total. The van der Waals surface area contributed by atoms with Crippen molar-refractivity contribution >= 4 is 5.97 Å². The standard InChI is InChI=1S/C6H8F3NO2/c7-6(8,9)5(4(11)12)1-3(5)2-10/h3H,1-2,10H2,(H,11,12)/t3-,5-/m0/s1. The number of rotatable bonds is 2. The van der Waals surface area contributed by atoms with Gasteiger partial charge in [0.1, 0.15) is 0 Å². The summed E-state index contributed by atoms with van der Waals surface area (Å²) < 4.78 is 36.4. The summed E-state index contributed by atoms with van der Waals surface area (Å²) in [5, 5.41) is 8.37. The molecule has 2 atom stereocenters. The first kappa shape index (κ1) is 9.31. The molecule has 1 saturated carbocycles. The molecular formula is C6H8F3NO2. The maximum Gasteiger partial charge on any atom is 0.405 e. The van der Waals surface area contributed by atoms with E-state index in [0.29, 0.717) is 0 Å². The van der Waals surface area contributed by atoms with Gasteiger partial charge < -0.3 is 10.8 Å². The quantitative estimate of drug-likeness (QED) is 0.658. The number of halogens is 3. The molecule has 6 heteroatoms. The highest BCUT2D eigenvalue weighted by Crippen LogP contribution is 2.62. The number of carboxylic acids is 1. The molecule has 0 aromatic rings. The lowest BCUT2D eigenvalue weighted by molar-refractivity contribution is -0.206. The van der Waals surface area contributed by atoms with E-state index in [4.69, 9.17) is 10.8 Å². The van der Waals surface area contributed by atoms with Gasteiger partial charge in [-0.2, -0.15) is 13.2 Å². The predicted octanol–water partition coefficient (Wildman–Crippen LogP) is 0.598. The van der Waals surface area contributed by atoms with Crippen molar-refractivity contribution in [2.24, 2.45) is 17.1 Å². The van der Waals surface area contributed by atoms with Gasteiger partial charge in [-0.15, -0.1) is 0 Å². The molecule has 12 heavy (non-hydrogen) atoms. The van der Waals surface area contributed by atoms with Crippen molar-refractivity contribution in [1.29, 1.82) is 0 Å². The summed E-state index contributed by atoms with van der Waals surface area (Å²) in [5.74, 6) is -2.76. The molecule has 1 aliphatic rings. The molecule has 0 aliphatic heterocycles. The molecule has 0 unspecified atom stereocenters. The lowest BCUT2D eigenvalue weighted by atomic mass is 10.0. The fourth-order valence-electron chi connectivity index (χ4n) is 1.34. The smallest absolute Gasteiger partial charge is 0.405 e. The van der Waals surface area contributed by atoms with Crippen LogP contribution in [-0.2, 0) is 4.79 Å². The van der Waals surface area contributed by atoms with Gasteiger partial charge in [0.25, 0.3) is 0 Å². The summed E-state index contributed by atoms with van der Waals surface area (Å²) in [6.45, 7) is -0.230. The van der Waals surface area contributed by atoms with Crippen LogP contribution in [0.5, 0.6) is 0 Å². The zero-order valence-corrected chi connectivity index (χ0v) is 6.06. The van der Waals surface area contributed by atoms with Crippen molar-refractivity contribution < 1.29 is 23.1 Å². The largest absolute Gasteiger partial charge is 0.481 e. The van der Waals surface area contributed by atoms with Crippen molar-refractivity contribution in [3.8, 4) is 0 Å². The minimum absolute atomic E-state index is 0.230. The summed E-state index contributed by atoms with van der Waals surface area (Å²) in [4.78, 5) is 10.3. The molecule has 1 fully saturated rings. The van der Waals surface area contributed by atoms with Gasteiger partial charge in [-0.1, -0.05) is 0 Å². The van der Waals surface area contributed by atoms with Gasteiger partial charge in [-0.3, -0.25) is 4.79 Å². The third-order valence-corrected chi connectivity index (χ3v) is 2.28. The van der Waals surface area contributed by atoms with Crippen LogP contribution in [0.25, 0.3) is 0 Å². The SMILES string of the molecule is NC[C@@H]1C[C@]1(C(=O)O)C(F)(F)F. The molecule has 0 bridgehead atoms. The second-order valence-corrected chi connectivity index (χ2v) is 2.91. The number of hydrogen-bond donors (Lipinski definition) is 2. The molecule has 3 nitrogen and oxygen atoms in total. The minimum atomic E-state index is -4.68. The molecule has 0 saturated heterocycles. The Balaban J connectivity index is 2.87. The van der Waals surface area contributed by atoms with E-state index in [2.05, 4.69) is 0 Å². The molecule has 0 heterocycles. The van der Waals surface area contributed by atoms with E-state index in [1.54, 1.807) is 0 Å². The van der Waals surface area contributed by atoms with Crippen LogP contribution in [0, 0.1) is 11.3 Å². The number of alkyl halides is 3. The van der Waals surface area contributed by atoms with Crippen molar-refractivity contribution in [2.45, 2.75) is 12.6 Å². The highest BCUT2D eigenvalue weighted by Gasteiger charge is 2.75. The Morgan fingerprint density at radius 2 is 2.17 bits per heavy atom. The second-order valence-electron chi connectivity index (χ2n) is 2.91. The number of hydrogen-bond acceptors (Lipinski definition) is 2. The molecule has 0 radical (unpaired) electrons. The first-order chi connectivity index (χ1) is 5.36. The Bertz CT molecular complexity index is 215. The van der Waals surface area contributed by atoms with Gasteiger partial charge in [0, 0.05) is 0 Å². The lowest BCUT2D eigenvalue weighted by Gasteiger charge is -2.15. The monoisotopic (exact) mass is 183 g/mol. The highest BCUT2D eigenvalue weighted by molar-refractivity contribution is 5.79. The van der Waals surface area contributed by atoms with Crippen molar-refractivity contribution in [3.63, 3.8) is 0 Å². The Morgan fingerprint density at radius 3 is 2.25 bits per heavy atom. The average Bonchev–Trinajstić information content (AvgIpc) is 2.59. The normalized spacial score (nSPS) is 34.8. The van der Waals surface area contributed by atoms with Crippen LogP contribution in [0.2, 0.25) is 0 Å². The van der Waals surface area contributed by atoms with E-state index in [9.17, 15) is 18.0 Å². The Labute approximate surface area is 66.4 Å². The third-order valence-electron chi connectivity index (χ3n) is 2.28. The minimum Gasteiger partial charge on any atom is -0.481 e. The number of carboxylic acid groups (broad SMARTS) is 1. The molecular weight excluding hydrogens is 175 g/mol. The first-order valence-corrected chi connectivity index (χ1v) is 3.36. The van der Waals surface area contributed by atoms with E-state index in [1.807, 2.05) is 0 Å². The second kappa shape index (κ2) is 2.35. The molecule has 1 aliphatic carbocycles. The van der Waals surface area contributed by atoms with Crippen LogP contribution < -0.4 is 5.73 Å². The number of carbonyl (C=O) groups is 1. The fourth-order valence-corrected chi connectivity index (χ4v) is 1.34. The summed E-state index contributed by atoms with van der Waals surface area (Å²) in [6.07, 6.45) is -5.06.